The minimum atomic E-state index is 0.738. The average molecular weight is 174 g/mol. The Morgan fingerprint density at radius 3 is 2.77 bits per heavy atom. The summed E-state index contributed by atoms with van der Waals surface area (Å²) in [6.07, 6.45) is 2.12. The third kappa shape index (κ3) is 2.22. The zero-order chi connectivity index (χ0) is 9.68. The minimum Gasteiger partial charge on any atom is -0.388 e. The summed E-state index contributed by atoms with van der Waals surface area (Å²) in [5, 5.41) is 11.8. The first-order chi connectivity index (χ1) is 6.31. The molecule has 0 aliphatic rings. The molecule has 1 aromatic rings. The van der Waals surface area contributed by atoms with Gasteiger partial charge < -0.3 is 5.32 Å². The van der Waals surface area contributed by atoms with Gasteiger partial charge >= 0.3 is 0 Å². The highest BCUT2D eigenvalue weighted by Crippen LogP contribution is 2.18. The molecule has 1 rings (SSSR count). The monoisotopic (exact) mass is 174 g/mol. The van der Waals surface area contributed by atoms with E-state index in [1.165, 1.54) is 5.56 Å². The predicted molar refractivity (Wildman–Crippen MR) is 54.7 cm³/mol. The van der Waals surface area contributed by atoms with Crippen LogP contribution >= 0.6 is 0 Å². The molecule has 2 nitrogen and oxygen atoms in total. The molecule has 1 aromatic carbocycles. The quantitative estimate of drug-likeness (QED) is 0.764. The van der Waals surface area contributed by atoms with Crippen molar-refractivity contribution in [3.63, 3.8) is 0 Å². The number of benzene rings is 1. The van der Waals surface area contributed by atoms with Crippen LogP contribution in [0.4, 0.5) is 5.69 Å². The number of rotatable bonds is 3. The lowest BCUT2D eigenvalue weighted by Crippen LogP contribution is -1.95. The fourth-order valence-electron chi connectivity index (χ4n) is 1.38. The number of nitrogens with one attached hydrogen (secondary N) is 1. The molecule has 0 unspecified atom stereocenters. The van der Waals surface area contributed by atoms with Gasteiger partial charge in [-0.1, -0.05) is 13.3 Å². The maximum atomic E-state index is 8.72. The Hall–Kier alpha value is -1.49. The number of hydrogen-bond acceptors (Lipinski definition) is 2. The van der Waals surface area contributed by atoms with E-state index in [2.05, 4.69) is 18.3 Å². The van der Waals surface area contributed by atoms with E-state index in [1.54, 1.807) is 0 Å². The fourth-order valence-corrected chi connectivity index (χ4v) is 1.38. The summed E-state index contributed by atoms with van der Waals surface area (Å²) in [6, 6.07) is 7.90. The van der Waals surface area contributed by atoms with Crippen LogP contribution in [0.15, 0.2) is 18.2 Å². The number of anilines is 1. The summed E-state index contributed by atoms with van der Waals surface area (Å²) >= 11 is 0. The second-order valence-electron chi connectivity index (χ2n) is 2.98. The Kier molecular flexibility index (Phi) is 3.33. The fraction of sp³-hybridized carbons (Fsp3) is 0.364. The Labute approximate surface area is 79.2 Å². The van der Waals surface area contributed by atoms with E-state index in [0.29, 0.717) is 0 Å². The molecule has 0 aliphatic carbocycles. The lowest BCUT2D eigenvalue weighted by molar-refractivity contribution is 0.922. The molecule has 0 bridgehead atoms. The molecule has 0 fully saturated rings. The third-order valence-corrected chi connectivity index (χ3v) is 2.02. The SMILES string of the molecule is CCCc1cc(C#N)ccc1NC. The van der Waals surface area contributed by atoms with Gasteiger partial charge in [0, 0.05) is 12.7 Å². The smallest absolute Gasteiger partial charge is 0.0991 e. The molecule has 0 heterocycles. The van der Waals surface area contributed by atoms with Crippen LogP contribution in [0.25, 0.3) is 0 Å². The van der Waals surface area contributed by atoms with Crippen LogP contribution in [0, 0.1) is 11.3 Å². The first kappa shape index (κ1) is 9.60. The Bertz CT molecular complexity index is 323. The maximum absolute atomic E-state index is 8.72. The standard InChI is InChI=1S/C11H14N2/c1-3-4-10-7-9(8-12)5-6-11(10)13-2/h5-7,13H,3-4H2,1-2H3. The van der Waals surface area contributed by atoms with Crippen LogP contribution in [-0.4, -0.2) is 7.05 Å². The zero-order valence-electron chi connectivity index (χ0n) is 8.09. The van der Waals surface area contributed by atoms with E-state index in [0.717, 1.165) is 24.1 Å². The van der Waals surface area contributed by atoms with E-state index in [1.807, 2.05) is 25.2 Å². The molecule has 0 aliphatic heterocycles. The Balaban J connectivity index is 3.04. The molecule has 68 valence electrons. The van der Waals surface area contributed by atoms with Crippen LogP contribution in [0.5, 0.6) is 0 Å². The van der Waals surface area contributed by atoms with Gasteiger partial charge in [0.15, 0.2) is 0 Å². The van der Waals surface area contributed by atoms with Gasteiger partial charge in [-0.15, -0.1) is 0 Å². The van der Waals surface area contributed by atoms with Gasteiger partial charge in [0.1, 0.15) is 0 Å². The van der Waals surface area contributed by atoms with Crippen molar-refractivity contribution in [3.8, 4) is 6.07 Å². The van der Waals surface area contributed by atoms with Crippen LogP contribution in [-0.2, 0) is 6.42 Å². The molecule has 0 aromatic heterocycles. The van der Waals surface area contributed by atoms with Gasteiger partial charge in [0.05, 0.1) is 11.6 Å². The predicted octanol–water partition coefficient (Wildman–Crippen LogP) is 2.55. The third-order valence-electron chi connectivity index (χ3n) is 2.02. The summed E-state index contributed by atoms with van der Waals surface area (Å²) < 4.78 is 0. The van der Waals surface area contributed by atoms with Gasteiger partial charge in [-0.2, -0.15) is 5.26 Å². The molecule has 0 radical (unpaired) electrons. The van der Waals surface area contributed by atoms with Crippen molar-refractivity contribution in [2.24, 2.45) is 0 Å². The summed E-state index contributed by atoms with van der Waals surface area (Å²) in [5.74, 6) is 0. The van der Waals surface area contributed by atoms with Crippen molar-refractivity contribution in [2.75, 3.05) is 12.4 Å². The highest BCUT2D eigenvalue weighted by molar-refractivity contribution is 5.54. The molecule has 0 atom stereocenters. The molecular formula is C11H14N2. The number of aryl methyl sites for hydroxylation is 1. The molecule has 0 spiro atoms. The topological polar surface area (TPSA) is 35.8 Å². The molecule has 0 amide bonds. The van der Waals surface area contributed by atoms with Gasteiger partial charge in [0.25, 0.3) is 0 Å². The van der Waals surface area contributed by atoms with Crippen molar-refractivity contribution >= 4 is 5.69 Å². The van der Waals surface area contributed by atoms with Crippen LogP contribution < -0.4 is 5.32 Å². The largest absolute Gasteiger partial charge is 0.388 e. The van der Waals surface area contributed by atoms with Crippen molar-refractivity contribution in [1.29, 1.82) is 5.26 Å². The van der Waals surface area contributed by atoms with Gasteiger partial charge in [-0.05, 0) is 30.2 Å². The first-order valence-corrected chi connectivity index (χ1v) is 4.52. The van der Waals surface area contributed by atoms with E-state index < -0.39 is 0 Å². The maximum Gasteiger partial charge on any atom is 0.0991 e. The van der Waals surface area contributed by atoms with E-state index in [4.69, 9.17) is 5.26 Å². The minimum absolute atomic E-state index is 0.738. The lowest BCUT2D eigenvalue weighted by atomic mass is 10.0. The summed E-state index contributed by atoms with van der Waals surface area (Å²) in [4.78, 5) is 0. The molecule has 0 saturated heterocycles. The second-order valence-corrected chi connectivity index (χ2v) is 2.98. The molecular weight excluding hydrogens is 160 g/mol. The van der Waals surface area contributed by atoms with Crippen molar-refractivity contribution in [1.82, 2.24) is 0 Å². The van der Waals surface area contributed by atoms with Crippen molar-refractivity contribution < 1.29 is 0 Å². The molecule has 0 saturated carbocycles. The van der Waals surface area contributed by atoms with Crippen LogP contribution in [0.2, 0.25) is 0 Å². The zero-order valence-corrected chi connectivity index (χ0v) is 8.09. The van der Waals surface area contributed by atoms with Crippen LogP contribution in [0.1, 0.15) is 24.5 Å². The molecule has 1 N–H and O–H groups in total. The highest BCUT2D eigenvalue weighted by atomic mass is 14.8. The van der Waals surface area contributed by atoms with Gasteiger partial charge in [0.2, 0.25) is 0 Å². The van der Waals surface area contributed by atoms with E-state index in [9.17, 15) is 0 Å². The van der Waals surface area contributed by atoms with Gasteiger partial charge in [-0.3, -0.25) is 0 Å². The number of hydrogen-bond donors (Lipinski definition) is 1. The average Bonchev–Trinajstić information content (AvgIpc) is 2.18. The number of nitriles is 1. The second kappa shape index (κ2) is 4.51. The lowest BCUT2D eigenvalue weighted by Gasteiger charge is -2.07. The normalized spacial score (nSPS) is 9.31. The van der Waals surface area contributed by atoms with E-state index in [-0.39, 0.29) is 0 Å². The summed E-state index contributed by atoms with van der Waals surface area (Å²) in [6.45, 7) is 2.14. The van der Waals surface area contributed by atoms with E-state index >= 15 is 0 Å². The van der Waals surface area contributed by atoms with Crippen LogP contribution in [0.3, 0.4) is 0 Å². The van der Waals surface area contributed by atoms with Gasteiger partial charge in [-0.25, -0.2) is 0 Å². The molecule has 13 heavy (non-hydrogen) atoms. The van der Waals surface area contributed by atoms with Crippen molar-refractivity contribution in [2.45, 2.75) is 19.8 Å². The first-order valence-electron chi connectivity index (χ1n) is 4.52. The number of nitrogens with zero attached hydrogens (tertiary/aromatic N) is 1. The summed E-state index contributed by atoms with van der Waals surface area (Å²) in [5.41, 5.74) is 3.09. The summed E-state index contributed by atoms with van der Waals surface area (Å²) in [7, 11) is 1.90. The highest BCUT2D eigenvalue weighted by Gasteiger charge is 2.00. The Morgan fingerprint density at radius 1 is 1.46 bits per heavy atom. The Morgan fingerprint density at radius 2 is 2.23 bits per heavy atom. The van der Waals surface area contributed by atoms with Crippen molar-refractivity contribution in [3.05, 3.63) is 29.3 Å². The molecule has 2 heteroatoms.